The van der Waals surface area contributed by atoms with Crippen molar-refractivity contribution >= 4 is 23.2 Å². The number of ether oxygens (including phenoxy) is 1. The highest BCUT2D eigenvalue weighted by Crippen LogP contribution is 2.15. The predicted molar refractivity (Wildman–Crippen MR) is 65.6 cm³/mol. The van der Waals surface area contributed by atoms with E-state index in [1.54, 1.807) is 24.3 Å². The van der Waals surface area contributed by atoms with E-state index in [0.29, 0.717) is 15.8 Å². The molecule has 0 unspecified atom stereocenters. The molecule has 1 aromatic heterocycles. The molecular formula is C11H8Cl2N2O2. The van der Waals surface area contributed by atoms with Crippen molar-refractivity contribution < 1.29 is 4.74 Å². The molecule has 0 amide bonds. The van der Waals surface area contributed by atoms with Crippen LogP contribution in [-0.2, 0) is 6.73 Å². The Kier molecular flexibility index (Phi) is 3.66. The zero-order valence-electron chi connectivity index (χ0n) is 8.64. The average molecular weight is 271 g/mol. The Morgan fingerprint density at radius 3 is 2.59 bits per heavy atom. The van der Waals surface area contributed by atoms with Crippen molar-refractivity contribution in [2.45, 2.75) is 6.73 Å². The van der Waals surface area contributed by atoms with Gasteiger partial charge in [0, 0.05) is 11.2 Å². The quantitative estimate of drug-likeness (QED) is 0.861. The maximum absolute atomic E-state index is 11.3. The summed E-state index contributed by atoms with van der Waals surface area (Å²) in [5.74, 6) is 0.612. The van der Waals surface area contributed by atoms with Gasteiger partial charge in [0.2, 0.25) is 0 Å². The van der Waals surface area contributed by atoms with Gasteiger partial charge in [-0.2, -0.15) is 4.98 Å². The molecule has 1 aromatic carbocycles. The molecule has 0 atom stereocenters. The largest absolute Gasteiger partial charge is 0.473 e. The molecule has 0 aliphatic heterocycles. The van der Waals surface area contributed by atoms with Crippen molar-refractivity contribution in [2.75, 3.05) is 0 Å². The number of hydrogen-bond donors (Lipinski definition) is 0. The number of benzene rings is 1. The summed E-state index contributed by atoms with van der Waals surface area (Å²) in [6.07, 6.45) is 2.76. The smallest absolute Gasteiger partial charge is 0.350 e. The molecule has 1 heterocycles. The Balaban J connectivity index is 2.09. The summed E-state index contributed by atoms with van der Waals surface area (Å²) in [5.41, 5.74) is -0.414. The molecule has 2 aromatic rings. The monoisotopic (exact) mass is 270 g/mol. The van der Waals surface area contributed by atoms with Crippen LogP contribution in [0.2, 0.25) is 10.0 Å². The second-order valence-corrected chi connectivity index (χ2v) is 4.12. The van der Waals surface area contributed by atoms with Crippen LogP contribution in [0.4, 0.5) is 0 Å². The molecule has 0 spiro atoms. The lowest BCUT2D eigenvalue weighted by Crippen LogP contribution is -2.24. The van der Waals surface area contributed by atoms with E-state index >= 15 is 0 Å². The maximum Gasteiger partial charge on any atom is 0.350 e. The van der Waals surface area contributed by atoms with Crippen LogP contribution in [-0.4, -0.2) is 9.55 Å². The van der Waals surface area contributed by atoms with Crippen LogP contribution in [0.5, 0.6) is 5.75 Å². The first kappa shape index (κ1) is 12.0. The van der Waals surface area contributed by atoms with Crippen molar-refractivity contribution in [2.24, 2.45) is 0 Å². The molecule has 17 heavy (non-hydrogen) atoms. The highest BCUT2D eigenvalue weighted by molar-refractivity contribution is 6.30. The van der Waals surface area contributed by atoms with Crippen molar-refractivity contribution in [3.8, 4) is 5.75 Å². The Morgan fingerprint density at radius 2 is 1.88 bits per heavy atom. The van der Waals surface area contributed by atoms with Crippen LogP contribution in [0, 0.1) is 0 Å². The van der Waals surface area contributed by atoms with Crippen LogP contribution < -0.4 is 10.4 Å². The summed E-state index contributed by atoms with van der Waals surface area (Å²) < 4.78 is 6.66. The normalized spacial score (nSPS) is 10.2. The third-order valence-electron chi connectivity index (χ3n) is 2.01. The lowest BCUT2D eigenvalue weighted by Gasteiger charge is -2.07. The van der Waals surface area contributed by atoms with E-state index < -0.39 is 5.69 Å². The molecule has 0 bridgehead atoms. The van der Waals surface area contributed by atoms with Crippen molar-refractivity contribution in [3.05, 3.63) is 57.2 Å². The van der Waals surface area contributed by atoms with Crippen molar-refractivity contribution in [3.63, 3.8) is 0 Å². The van der Waals surface area contributed by atoms with E-state index in [1.165, 1.54) is 17.0 Å². The van der Waals surface area contributed by atoms with Gasteiger partial charge in [0.25, 0.3) is 0 Å². The van der Waals surface area contributed by atoms with E-state index in [0.717, 1.165) is 0 Å². The lowest BCUT2D eigenvalue weighted by molar-refractivity contribution is 0.230. The number of aromatic nitrogens is 2. The topological polar surface area (TPSA) is 44.1 Å². The summed E-state index contributed by atoms with van der Waals surface area (Å²) in [6, 6.07) is 6.84. The Bertz CT molecular complexity index is 566. The minimum absolute atomic E-state index is 0.0496. The first-order valence-corrected chi connectivity index (χ1v) is 5.51. The minimum atomic E-state index is -0.414. The molecule has 0 radical (unpaired) electrons. The molecule has 0 saturated heterocycles. The zero-order chi connectivity index (χ0) is 12.3. The van der Waals surface area contributed by atoms with Crippen LogP contribution in [0.1, 0.15) is 0 Å². The molecule has 88 valence electrons. The highest BCUT2D eigenvalue weighted by Gasteiger charge is 1.99. The van der Waals surface area contributed by atoms with Gasteiger partial charge in [-0.15, -0.1) is 0 Å². The van der Waals surface area contributed by atoms with Crippen molar-refractivity contribution in [1.82, 2.24) is 9.55 Å². The van der Waals surface area contributed by atoms with Gasteiger partial charge in [0.05, 0.1) is 11.2 Å². The van der Waals surface area contributed by atoms with Crippen molar-refractivity contribution in [1.29, 1.82) is 0 Å². The fourth-order valence-corrected chi connectivity index (χ4v) is 1.49. The fraction of sp³-hybridized carbons (Fsp3) is 0.0909. The molecule has 0 aliphatic rings. The second-order valence-electron chi connectivity index (χ2n) is 3.25. The summed E-state index contributed by atoms with van der Waals surface area (Å²) in [6.45, 7) is 0.0496. The van der Waals surface area contributed by atoms with Gasteiger partial charge in [-0.3, -0.25) is 4.57 Å². The molecule has 0 fully saturated rings. The van der Waals surface area contributed by atoms with E-state index in [-0.39, 0.29) is 6.73 Å². The van der Waals surface area contributed by atoms with Crippen LogP contribution in [0.25, 0.3) is 0 Å². The molecule has 6 heteroatoms. The van der Waals surface area contributed by atoms with E-state index in [4.69, 9.17) is 27.9 Å². The van der Waals surface area contributed by atoms with Gasteiger partial charge in [-0.05, 0) is 24.3 Å². The van der Waals surface area contributed by atoms with Gasteiger partial charge in [-0.25, -0.2) is 4.79 Å². The highest BCUT2D eigenvalue weighted by atomic mass is 35.5. The standard InChI is InChI=1S/C11H8Cl2N2O2/c12-8-1-3-10(4-2-8)17-7-15-6-9(13)5-14-11(15)16/h1-6H,7H2. The zero-order valence-corrected chi connectivity index (χ0v) is 10.1. The lowest BCUT2D eigenvalue weighted by atomic mass is 10.3. The average Bonchev–Trinajstić information content (AvgIpc) is 2.32. The molecule has 2 rings (SSSR count). The summed E-state index contributed by atoms with van der Waals surface area (Å²) >= 11 is 11.5. The molecule has 4 nitrogen and oxygen atoms in total. The van der Waals surface area contributed by atoms with Crippen LogP contribution in [0.3, 0.4) is 0 Å². The Morgan fingerprint density at radius 1 is 1.18 bits per heavy atom. The maximum atomic E-state index is 11.3. The van der Waals surface area contributed by atoms with Gasteiger partial charge in [-0.1, -0.05) is 23.2 Å². The SMILES string of the molecule is O=c1ncc(Cl)cn1COc1ccc(Cl)cc1. The van der Waals surface area contributed by atoms with Crippen LogP contribution in [0.15, 0.2) is 41.5 Å². The molecule has 0 saturated carbocycles. The number of hydrogen-bond acceptors (Lipinski definition) is 3. The first-order valence-electron chi connectivity index (χ1n) is 4.75. The summed E-state index contributed by atoms with van der Waals surface area (Å²) in [4.78, 5) is 14.9. The van der Waals surface area contributed by atoms with Gasteiger partial charge in [0.15, 0.2) is 6.73 Å². The summed E-state index contributed by atoms with van der Waals surface area (Å²) in [7, 11) is 0. The minimum Gasteiger partial charge on any atom is -0.473 e. The van der Waals surface area contributed by atoms with E-state index in [9.17, 15) is 4.79 Å². The number of rotatable bonds is 3. The van der Waals surface area contributed by atoms with E-state index in [2.05, 4.69) is 4.98 Å². The Labute approximate surface area is 107 Å². The third-order valence-corrected chi connectivity index (χ3v) is 2.45. The van der Waals surface area contributed by atoms with Gasteiger partial charge in [0.1, 0.15) is 5.75 Å². The van der Waals surface area contributed by atoms with Crippen LogP contribution >= 0.6 is 23.2 Å². The van der Waals surface area contributed by atoms with E-state index in [1.807, 2.05) is 0 Å². The number of halogens is 2. The van der Waals surface area contributed by atoms with Gasteiger partial charge < -0.3 is 4.74 Å². The first-order chi connectivity index (χ1) is 8.15. The summed E-state index contributed by atoms with van der Waals surface area (Å²) in [5, 5.41) is 1.00. The van der Waals surface area contributed by atoms with Gasteiger partial charge >= 0.3 is 5.69 Å². The Hall–Kier alpha value is -1.52. The fourth-order valence-electron chi connectivity index (χ4n) is 1.20. The molecule has 0 N–H and O–H groups in total. The molecular weight excluding hydrogens is 263 g/mol. The second kappa shape index (κ2) is 5.21. The predicted octanol–water partition coefficient (Wildman–Crippen LogP) is 2.59. The number of nitrogens with zero attached hydrogens (tertiary/aromatic N) is 2. The third kappa shape index (κ3) is 3.22. The molecule has 0 aliphatic carbocycles.